The minimum Gasteiger partial charge on any atom is -0.313 e. The molecule has 2 rings (SSSR count). The van der Waals surface area contributed by atoms with Crippen molar-refractivity contribution in [3.05, 3.63) is 0 Å². The van der Waals surface area contributed by atoms with Gasteiger partial charge in [-0.1, -0.05) is 33.1 Å². The van der Waals surface area contributed by atoms with E-state index >= 15 is 0 Å². The highest BCUT2D eigenvalue weighted by Crippen LogP contribution is 2.35. The molecule has 0 aromatic heterocycles. The van der Waals surface area contributed by atoms with E-state index in [4.69, 9.17) is 0 Å². The molecule has 1 N–H and O–H groups in total. The summed E-state index contributed by atoms with van der Waals surface area (Å²) < 4.78 is 0. The smallest absolute Gasteiger partial charge is 0.0107 e. The molecule has 1 heterocycles. The van der Waals surface area contributed by atoms with E-state index in [9.17, 15) is 0 Å². The largest absolute Gasteiger partial charge is 0.313 e. The summed E-state index contributed by atoms with van der Waals surface area (Å²) in [5, 5.41) is 3.72. The van der Waals surface area contributed by atoms with E-state index in [0.29, 0.717) is 6.04 Å². The van der Waals surface area contributed by atoms with Gasteiger partial charge in [-0.15, -0.1) is 0 Å². The van der Waals surface area contributed by atoms with E-state index in [0.717, 1.165) is 17.8 Å². The highest BCUT2D eigenvalue weighted by atomic mass is 15.1. The van der Waals surface area contributed by atoms with E-state index in [1.165, 1.54) is 71.1 Å². The molecule has 1 aliphatic heterocycles. The summed E-state index contributed by atoms with van der Waals surface area (Å²) in [4.78, 5) is 2.72. The van der Waals surface area contributed by atoms with Crippen LogP contribution in [0.5, 0.6) is 0 Å². The van der Waals surface area contributed by atoms with Crippen molar-refractivity contribution in [1.29, 1.82) is 0 Å². The Labute approximate surface area is 126 Å². The highest BCUT2D eigenvalue weighted by molar-refractivity contribution is 4.83. The van der Waals surface area contributed by atoms with Gasteiger partial charge in [0.25, 0.3) is 0 Å². The van der Waals surface area contributed by atoms with Crippen LogP contribution < -0.4 is 5.32 Å². The molecule has 20 heavy (non-hydrogen) atoms. The molecule has 3 unspecified atom stereocenters. The average molecular weight is 280 g/mol. The number of hydrogen-bond donors (Lipinski definition) is 1. The average Bonchev–Trinajstić information content (AvgIpc) is 2.45. The first-order chi connectivity index (χ1) is 9.65. The molecular weight excluding hydrogens is 244 g/mol. The van der Waals surface area contributed by atoms with Crippen LogP contribution in [0.3, 0.4) is 0 Å². The summed E-state index contributed by atoms with van der Waals surface area (Å²) in [6, 6.07) is 0.685. The second kappa shape index (κ2) is 8.38. The van der Waals surface area contributed by atoms with Crippen LogP contribution in [-0.2, 0) is 0 Å². The molecule has 0 bridgehead atoms. The fourth-order valence-corrected chi connectivity index (χ4v) is 4.03. The predicted molar refractivity (Wildman–Crippen MR) is 88.0 cm³/mol. The van der Waals surface area contributed by atoms with E-state index in [-0.39, 0.29) is 0 Å². The standard InChI is InChI=1S/C18H36N2/c1-15(2)8-9-16(3)19-11-13-20-12-10-17-6-4-5-7-18(17)14-20/h15-19H,4-14H2,1-3H3. The third-order valence-electron chi connectivity index (χ3n) is 5.47. The summed E-state index contributed by atoms with van der Waals surface area (Å²) in [6.45, 7) is 12.2. The highest BCUT2D eigenvalue weighted by Gasteiger charge is 2.30. The Morgan fingerprint density at radius 1 is 1.00 bits per heavy atom. The molecular formula is C18H36N2. The van der Waals surface area contributed by atoms with Gasteiger partial charge in [-0.2, -0.15) is 0 Å². The van der Waals surface area contributed by atoms with Crippen molar-refractivity contribution in [1.82, 2.24) is 10.2 Å². The monoisotopic (exact) mass is 280 g/mol. The molecule has 3 atom stereocenters. The molecule has 2 aliphatic rings. The molecule has 118 valence electrons. The van der Waals surface area contributed by atoms with Crippen LogP contribution in [0.1, 0.15) is 65.7 Å². The fourth-order valence-electron chi connectivity index (χ4n) is 4.03. The van der Waals surface area contributed by atoms with Gasteiger partial charge in [0.1, 0.15) is 0 Å². The Bertz CT molecular complexity index is 264. The normalized spacial score (nSPS) is 29.4. The van der Waals surface area contributed by atoms with E-state index < -0.39 is 0 Å². The van der Waals surface area contributed by atoms with Crippen molar-refractivity contribution in [3.63, 3.8) is 0 Å². The van der Waals surface area contributed by atoms with Crippen molar-refractivity contribution in [3.8, 4) is 0 Å². The summed E-state index contributed by atoms with van der Waals surface area (Å²) in [5.41, 5.74) is 0. The first kappa shape index (κ1) is 16.3. The number of fused-ring (bicyclic) bond motifs is 1. The molecule has 1 aliphatic carbocycles. The summed E-state index contributed by atoms with van der Waals surface area (Å²) in [7, 11) is 0. The lowest BCUT2D eigenvalue weighted by atomic mass is 9.75. The summed E-state index contributed by atoms with van der Waals surface area (Å²) in [5.74, 6) is 2.93. The zero-order valence-electron chi connectivity index (χ0n) is 14.0. The first-order valence-electron chi connectivity index (χ1n) is 9.11. The lowest BCUT2D eigenvalue weighted by Gasteiger charge is -2.41. The molecule has 0 aromatic carbocycles. The zero-order valence-corrected chi connectivity index (χ0v) is 14.0. The molecule has 2 fully saturated rings. The lowest BCUT2D eigenvalue weighted by Crippen LogP contribution is -2.45. The van der Waals surface area contributed by atoms with Gasteiger partial charge in [0.2, 0.25) is 0 Å². The van der Waals surface area contributed by atoms with Gasteiger partial charge in [0.05, 0.1) is 0 Å². The third kappa shape index (κ3) is 5.37. The molecule has 0 radical (unpaired) electrons. The van der Waals surface area contributed by atoms with Gasteiger partial charge in [0.15, 0.2) is 0 Å². The van der Waals surface area contributed by atoms with Crippen molar-refractivity contribution in [2.45, 2.75) is 71.8 Å². The van der Waals surface area contributed by atoms with E-state index in [1.807, 2.05) is 0 Å². The third-order valence-corrected chi connectivity index (χ3v) is 5.47. The van der Waals surface area contributed by atoms with E-state index in [1.54, 1.807) is 0 Å². The SMILES string of the molecule is CC(C)CCC(C)NCCN1CCC2CCCCC2C1. The number of hydrogen-bond acceptors (Lipinski definition) is 2. The first-order valence-corrected chi connectivity index (χ1v) is 9.11. The van der Waals surface area contributed by atoms with Crippen LogP contribution in [0.4, 0.5) is 0 Å². The Hall–Kier alpha value is -0.0800. The van der Waals surface area contributed by atoms with Crippen molar-refractivity contribution < 1.29 is 0 Å². The van der Waals surface area contributed by atoms with Crippen LogP contribution in [-0.4, -0.2) is 37.1 Å². The number of likely N-dealkylation sites (tertiary alicyclic amines) is 1. The number of rotatable bonds is 7. The van der Waals surface area contributed by atoms with Crippen LogP contribution in [0.15, 0.2) is 0 Å². The van der Waals surface area contributed by atoms with Gasteiger partial charge in [-0.3, -0.25) is 0 Å². The van der Waals surface area contributed by atoms with Gasteiger partial charge >= 0.3 is 0 Å². The minimum atomic E-state index is 0.685. The van der Waals surface area contributed by atoms with Gasteiger partial charge in [-0.25, -0.2) is 0 Å². The van der Waals surface area contributed by atoms with Crippen LogP contribution in [0.2, 0.25) is 0 Å². The maximum Gasteiger partial charge on any atom is 0.0107 e. The predicted octanol–water partition coefficient (Wildman–Crippen LogP) is 3.91. The lowest BCUT2D eigenvalue weighted by molar-refractivity contribution is 0.0870. The minimum absolute atomic E-state index is 0.685. The number of nitrogens with zero attached hydrogens (tertiary/aromatic N) is 1. The van der Waals surface area contributed by atoms with Crippen LogP contribution in [0, 0.1) is 17.8 Å². The second-order valence-electron chi connectivity index (χ2n) is 7.72. The molecule has 0 aromatic rings. The molecule has 2 heteroatoms. The van der Waals surface area contributed by atoms with Crippen molar-refractivity contribution in [2.24, 2.45) is 17.8 Å². The number of piperidine rings is 1. The topological polar surface area (TPSA) is 15.3 Å². The van der Waals surface area contributed by atoms with E-state index in [2.05, 4.69) is 31.0 Å². The summed E-state index contributed by atoms with van der Waals surface area (Å²) >= 11 is 0. The van der Waals surface area contributed by atoms with Crippen molar-refractivity contribution >= 4 is 0 Å². The maximum absolute atomic E-state index is 3.72. The Kier molecular flexibility index (Phi) is 6.83. The Balaban J connectivity index is 1.57. The molecule has 2 nitrogen and oxygen atoms in total. The molecule has 1 saturated heterocycles. The van der Waals surface area contributed by atoms with Gasteiger partial charge < -0.3 is 10.2 Å². The molecule has 0 spiro atoms. The van der Waals surface area contributed by atoms with Crippen molar-refractivity contribution in [2.75, 3.05) is 26.2 Å². The summed E-state index contributed by atoms with van der Waals surface area (Å²) in [6.07, 6.45) is 10.1. The van der Waals surface area contributed by atoms with Gasteiger partial charge in [-0.05, 0) is 56.9 Å². The Morgan fingerprint density at radius 3 is 2.50 bits per heavy atom. The fraction of sp³-hybridized carbons (Fsp3) is 1.00. The molecule has 0 amide bonds. The van der Waals surface area contributed by atoms with Crippen LogP contribution >= 0.6 is 0 Å². The second-order valence-corrected chi connectivity index (χ2v) is 7.72. The number of nitrogens with one attached hydrogen (secondary N) is 1. The molecule has 1 saturated carbocycles. The Morgan fingerprint density at radius 2 is 1.75 bits per heavy atom. The zero-order chi connectivity index (χ0) is 14.4. The maximum atomic E-state index is 3.72. The quantitative estimate of drug-likeness (QED) is 0.760. The van der Waals surface area contributed by atoms with Crippen LogP contribution in [0.25, 0.3) is 0 Å². The van der Waals surface area contributed by atoms with Gasteiger partial charge in [0, 0.05) is 25.7 Å².